The number of alkyl halides is 1. The highest BCUT2D eigenvalue weighted by Crippen LogP contribution is 2.07. The maximum absolute atomic E-state index is 9.99. The summed E-state index contributed by atoms with van der Waals surface area (Å²) in [6, 6.07) is 9.26. The third-order valence-electron chi connectivity index (χ3n) is 1.17. The molecule has 0 aliphatic heterocycles. The zero-order chi connectivity index (χ0) is 8.10. The predicted octanol–water partition coefficient (Wildman–Crippen LogP) is 1.77. The van der Waals surface area contributed by atoms with Crippen LogP contribution in [-0.2, 0) is 4.79 Å². The Balaban J connectivity index is 2.57. The van der Waals surface area contributed by atoms with Crippen molar-refractivity contribution < 1.29 is 4.79 Å². The number of nitrogens with one attached hydrogen (secondary N) is 1. The number of hydrogen-bond acceptors (Lipinski definition) is 2. The van der Waals surface area contributed by atoms with E-state index in [0.29, 0.717) is 0 Å². The Kier molecular flexibility index (Phi) is 2.93. The van der Waals surface area contributed by atoms with Crippen LogP contribution in [-0.4, -0.2) is 11.8 Å². The first-order chi connectivity index (χ1) is 5.33. The van der Waals surface area contributed by atoms with Crippen LogP contribution in [0.4, 0.5) is 5.69 Å². The second-order valence-corrected chi connectivity index (χ2v) is 2.43. The Labute approximate surface area is 70.2 Å². The van der Waals surface area contributed by atoms with E-state index in [2.05, 4.69) is 5.32 Å². The van der Waals surface area contributed by atoms with Crippen molar-refractivity contribution in [1.29, 1.82) is 0 Å². The lowest BCUT2D eigenvalue weighted by Crippen LogP contribution is -2.12. The van der Waals surface area contributed by atoms with Crippen molar-refractivity contribution >= 4 is 23.6 Å². The monoisotopic (exact) mass is 168 g/mol. The lowest BCUT2D eigenvalue weighted by atomic mass is 10.3. The molecule has 0 aliphatic rings. The maximum Gasteiger partial charge on any atom is 0.239 e. The molecular formula is C8H7ClNO. The van der Waals surface area contributed by atoms with Gasteiger partial charge in [-0.3, -0.25) is 4.79 Å². The minimum Gasteiger partial charge on any atom is -0.363 e. The molecule has 0 fully saturated rings. The van der Waals surface area contributed by atoms with E-state index in [9.17, 15) is 4.79 Å². The first-order valence-corrected chi connectivity index (χ1v) is 3.60. The average molecular weight is 169 g/mol. The summed E-state index contributed by atoms with van der Waals surface area (Å²) in [5.74, 6) is 0. The predicted molar refractivity (Wildman–Crippen MR) is 45.4 cm³/mol. The minimum absolute atomic E-state index is 0.766. The molecule has 0 saturated heterocycles. The van der Waals surface area contributed by atoms with Gasteiger partial charge < -0.3 is 5.32 Å². The van der Waals surface area contributed by atoms with E-state index in [-0.39, 0.29) is 0 Å². The minimum atomic E-state index is -0.766. The third kappa shape index (κ3) is 2.60. The fraction of sp³-hybridized carbons (Fsp3) is 0.125. The molecule has 0 bridgehead atoms. The van der Waals surface area contributed by atoms with Crippen LogP contribution >= 0.6 is 11.6 Å². The Hall–Kier alpha value is -1.02. The fourth-order valence-corrected chi connectivity index (χ4v) is 0.836. The largest absolute Gasteiger partial charge is 0.363 e. The summed E-state index contributed by atoms with van der Waals surface area (Å²) < 4.78 is 0. The zero-order valence-corrected chi connectivity index (χ0v) is 6.51. The van der Waals surface area contributed by atoms with Gasteiger partial charge in [-0.1, -0.05) is 29.8 Å². The number of para-hydroxylation sites is 1. The Bertz CT molecular complexity index is 225. The van der Waals surface area contributed by atoms with Gasteiger partial charge in [0.25, 0.3) is 0 Å². The molecule has 1 aromatic rings. The maximum atomic E-state index is 9.99. The summed E-state index contributed by atoms with van der Waals surface area (Å²) >= 11 is 5.47. The van der Waals surface area contributed by atoms with Gasteiger partial charge in [-0.25, -0.2) is 0 Å². The highest BCUT2D eigenvalue weighted by atomic mass is 35.5. The van der Waals surface area contributed by atoms with Crippen molar-refractivity contribution in [3.63, 3.8) is 0 Å². The van der Waals surface area contributed by atoms with Crippen molar-refractivity contribution in [1.82, 2.24) is 0 Å². The van der Waals surface area contributed by atoms with Crippen molar-refractivity contribution in [2.75, 3.05) is 5.32 Å². The normalized spacial score (nSPS) is 12.1. The van der Waals surface area contributed by atoms with Gasteiger partial charge in [0, 0.05) is 5.69 Å². The van der Waals surface area contributed by atoms with E-state index in [1.54, 1.807) is 6.29 Å². The summed E-state index contributed by atoms with van der Waals surface area (Å²) in [6.07, 6.45) is 1.62. The lowest BCUT2D eigenvalue weighted by molar-refractivity contribution is 0.555. The van der Waals surface area contributed by atoms with E-state index in [1.165, 1.54) is 0 Å². The summed E-state index contributed by atoms with van der Waals surface area (Å²) in [5, 5.41) is 2.73. The molecule has 1 aromatic carbocycles. The van der Waals surface area contributed by atoms with Crippen LogP contribution in [0, 0.1) is 0 Å². The second kappa shape index (κ2) is 3.98. The SMILES string of the molecule is O=[C][C@H](Cl)Nc1ccccc1. The van der Waals surface area contributed by atoms with Crippen LogP contribution in [0.3, 0.4) is 0 Å². The van der Waals surface area contributed by atoms with Crippen molar-refractivity contribution in [3.8, 4) is 0 Å². The molecule has 1 N–H and O–H groups in total. The highest BCUT2D eigenvalue weighted by Gasteiger charge is 2.00. The van der Waals surface area contributed by atoms with Crippen LogP contribution in [0.25, 0.3) is 0 Å². The van der Waals surface area contributed by atoms with Crippen molar-refractivity contribution in [3.05, 3.63) is 30.3 Å². The van der Waals surface area contributed by atoms with Crippen LogP contribution in [0.15, 0.2) is 30.3 Å². The van der Waals surface area contributed by atoms with Gasteiger partial charge in [-0.05, 0) is 12.1 Å². The topological polar surface area (TPSA) is 29.1 Å². The van der Waals surface area contributed by atoms with Gasteiger partial charge in [0.05, 0.1) is 0 Å². The number of hydrogen-bond donors (Lipinski definition) is 1. The molecule has 2 nitrogen and oxygen atoms in total. The molecule has 0 saturated carbocycles. The summed E-state index contributed by atoms with van der Waals surface area (Å²) in [6.45, 7) is 0. The smallest absolute Gasteiger partial charge is 0.239 e. The molecule has 1 rings (SSSR count). The first-order valence-electron chi connectivity index (χ1n) is 3.16. The average Bonchev–Trinajstić information content (AvgIpc) is 2.06. The summed E-state index contributed by atoms with van der Waals surface area (Å²) in [4.78, 5) is 9.99. The number of anilines is 1. The quantitative estimate of drug-likeness (QED) is 0.551. The first kappa shape index (κ1) is 8.08. The molecule has 0 heterocycles. The molecule has 11 heavy (non-hydrogen) atoms. The van der Waals surface area contributed by atoms with Crippen molar-refractivity contribution in [2.24, 2.45) is 0 Å². The second-order valence-electron chi connectivity index (χ2n) is 1.99. The lowest BCUT2D eigenvalue weighted by Gasteiger charge is -2.04. The van der Waals surface area contributed by atoms with E-state index >= 15 is 0 Å². The van der Waals surface area contributed by atoms with Gasteiger partial charge in [-0.15, -0.1) is 0 Å². The number of benzene rings is 1. The Morgan fingerprint density at radius 3 is 2.55 bits per heavy atom. The molecule has 0 spiro atoms. The van der Waals surface area contributed by atoms with Crippen LogP contribution in [0.1, 0.15) is 0 Å². The van der Waals surface area contributed by atoms with Gasteiger partial charge in [0.2, 0.25) is 6.29 Å². The van der Waals surface area contributed by atoms with Gasteiger partial charge >= 0.3 is 0 Å². The molecule has 57 valence electrons. The van der Waals surface area contributed by atoms with Crippen LogP contribution < -0.4 is 5.32 Å². The zero-order valence-electron chi connectivity index (χ0n) is 5.75. The molecular weight excluding hydrogens is 162 g/mol. The third-order valence-corrected chi connectivity index (χ3v) is 1.37. The molecule has 1 atom stereocenters. The standard InChI is InChI=1S/C8H7ClNO/c9-8(6-11)10-7-4-2-1-3-5-7/h1-5,8,10H/t8-/m1/s1. The molecule has 0 aromatic heterocycles. The van der Waals surface area contributed by atoms with E-state index in [1.807, 2.05) is 30.3 Å². The Morgan fingerprint density at radius 2 is 2.00 bits per heavy atom. The number of rotatable bonds is 3. The van der Waals surface area contributed by atoms with Gasteiger partial charge in [0.15, 0.2) is 5.50 Å². The van der Waals surface area contributed by atoms with Crippen LogP contribution in [0.5, 0.6) is 0 Å². The molecule has 0 unspecified atom stereocenters. The van der Waals surface area contributed by atoms with Gasteiger partial charge in [0.1, 0.15) is 0 Å². The molecule has 0 aliphatic carbocycles. The number of carbonyl (C=O) groups excluding carboxylic acids is 1. The van der Waals surface area contributed by atoms with E-state index < -0.39 is 5.50 Å². The summed E-state index contributed by atoms with van der Waals surface area (Å²) in [7, 11) is 0. The molecule has 3 heteroatoms. The Morgan fingerprint density at radius 1 is 1.36 bits per heavy atom. The van der Waals surface area contributed by atoms with E-state index in [4.69, 9.17) is 11.6 Å². The molecule has 1 radical (unpaired) electrons. The highest BCUT2D eigenvalue weighted by molar-refractivity contribution is 6.28. The fourth-order valence-electron chi connectivity index (χ4n) is 0.710. The van der Waals surface area contributed by atoms with Crippen LogP contribution in [0.2, 0.25) is 0 Å². The van der Waals surface area contributed by atoms with Gasteiger partial charge in [-0.2, -0.15) is 0 Å². The van der Waals surface area contributed by atoms with Crippen molar-refractivity contribution in [2.45, 2.75) is 5.50 Å². The number of halogens is 1. The summed E-state index contributed by atoms with van der Waals surface area (Å²) in [5.41, 5.74) is 0.0493. The van der Waals surface area contributed by atoms with E-state index in [0.717, 1.165) is 5.69 Å². The molecule has 0 amide bonds.